The zero-order valence-electron chi connectivity index (χ0n) is 13.6. The van der Waals surface area contributed by atoms with Crippen LogP contribution < -0.4 is 5.32 Å². The lowest BCUT2D eigenvalue weighted by atomic mass is 9.79. The molecule has 0 aromatic rings. The fraction of sp³-hybridized carbons (Fsp3) is 1.00. The van der Waals surface area contributed by atoms with E-state index in [1.54, 1.807) is 0 Å². The Bertz CT molecular complexity index is 330. The highest BCUT2D eigenvalue weighted by atomic mass is 16.6. The molecule has 3 saturated heterocycles. The lowest BCUT2D eigenvalue weighted by Gasteiger charge is -2.42. The molecule has 4 heteroatoms. The van der Waals surface area contributed by atoms with E-state index in [1.807, 2.05) is 0 Å². The number of hydrogen-bond acceptors (Lipinski definition) is 4. The normalized spacial score (nSPS) is 41.7. The first kappa shape index (κ1) is 15.7. The van der Waals surface area contributed by atoms with Gasteiger partial charge in [-0.25, -0.2) is 0 Å². The molecule has 3 aliphatic rings. The van der Waals surface area contributed by atoms with E-state index in [4.69, 9.17) is 14.2 Å². The van der Waals surface area contributed by atoms with Crippen molar-refractivity contribution >= 4 is 0 Å². The van der Waals surface area contributed by atoms with Crippen LogP contribution in [0.4, 0.5) is 0 Å². The molecule has 122 valence electrons. The molecule has 0 bridgehead atoms. The molecule has 3 rings (SSSR count). The number of rotatable bonds is 5. The molecule has 3 fully saturated rings. The van der Waals surface area contributed by atoms with E-state index in [0.29, 0.717) is 24.2 Å². The van der Waals surface area contributed by atoms with Gasteiger partial charge in [-0.2, -0.15) is 0 Å². The molecule has 3 heterocycles. The van der Waals surface area contributed by atoms with Gasteiger partial charge in [0, 0.05) is 25.7 Å². The maximum Gasteiger partial charge on any atom is 0.0939 e. The van der Waals surface area contributed by atoms with Crippen molar-refractivity contribution in [3.63, 3.8) is 0 Å². The van der Waals surface area contributed by atoms with Crippen molar-refractivity contribution in [3.8, 4) is 0 Å². The van der Waals surface area contributed by atoms with Crippen molar-refractivity contribution in [3.05, 3.63) is 0 Å². The van der Waals surface area contributed by atoms with E-state index in [-0.39, 0.29) is 5.60 Å². The van der Waals surface area contributed by atoms with Gasteiger partial charge >= 0.3 is 0 Å². The summed E-state index contributed by atoms with van der Waals surface area (Å²) in [4.78, 5) is 0. The summed E-state index contributed by atoms with van der Waals surface area (Å²) in [7, 11) is 0. The number of ether oxygens (including phenoxy) is 3. The monoisotopic (exact) mass is 297 g/mol. The first-order chi connectivity index (χ1) is 10.2. The molecular weight excluding hydrogens is 266 g/mol. The largest absolute Gasteiger partial charge is 0.378 e. The Morgan fingerprint density at radius 1 is 1.24 bits per heavy atom. The van der Waals surface area contributed by atoms with Crippen molar-refractivity contribution in [2.45, 2.75) is 76.2 Å². The van der Waals surface area contributed by atoms with E-state index in [9.17, 15) is 0 Å². The van der Waals surface area contributed by atoms with Crippen LogP contribution in [0.25, 0.3) is 0 Å². The van der Waals surface area contributed by atoms with Gasteiger partial charge in [-0.3, -0.25) is 0 Å². The average Bonchev–Trinajstić information content (AvgIpc) is 3.10. The zero-order valence-corrected chi connectivity index (χ0v) is 13.6. The Morgan fingerprint density at radius 2 is 2.14 bits per heavy atom. The SMILES string of the molecule is CCCNC(C1CCOC2(CCOC2)C1)C1CCC(C)O1. The molecule has 0 amide bonds. The van der Waals surface area contributed by atoms with Crippen LogP contribution in [0.15, 0.2) is 0 Å². The van der Waals surface area contributed by atoms with Crippen LogP contribution in [0.2, 0.25) is 0 Å². The van der Waals surface area contributed by atoms with E-state index >= 15 is 0 Å². The fourth-order valence-corrected chi connectivity index (χ4v) is 4.25. The van der Waals surface area contributed by atoms with Crippen molar-refractivity contribution in [2.24, 2.45) is 5.92 Å². The Labute approximate surface area is 128 Å². The highest BCUT2D eigenvalue weighted by Gasteiger charge is 2.45. The molecule has 5 atom stereocenters. The molecule has 1 N–H and O–H groups in total. The molecular formula is C17H31NO3. The van der Waals surface area contributed by atoms with Crippen LogP contribution in [-0.4, -0.2) is 50.2 Å². The van der Waals surface area contributed by atoms with Gasteiger partial charge in [0.05, 0.1) is 24.4 Å². The second kappa shape index (κ2) is 6.95. The quantitative estimate of drug-likeness (QED) is 0.846. The average molecular weight is 297 g/mol. The van der Waals surface area contributed by atoms with Crippen LogP contribution in [-0.2, 0) is 14.2 Å². The second-order valence-electron chi connectivity index (χ2n) is 7.13. The lowest BCUT2D eigenvalue weighted by Crippen LogP contribution is -2.52. The van der Waals surface area contributed by atoms with Gasteiger partial charge in [-0.1, -0.05) is 6.92 Å². The maximum atomic E-state index is 6.19. The molecule has 1 spiro atoms. The van der Waals surface area contributed by atoms with E-state index < -0.39 is 0 Å². The van der Waals surface area contributed by atoms with Crippen LogP contribution in [0.3, 0.4) is 0 Å². The first-order valence-corrected chi connectivity index (χ1v) is 8.83. The molecule has 0 radical (unpaired) electrons. The van der Waals surface area contributed by atoms with Gasteiger partial charge < -0.3 is 19.5 Å². The minimum absolute atomic E-state index is 0.000713. The van der Waals surface area contributed by atoms with Gasteiger partial charge in [0.15, 0.2) is 0 Å². The van der Waals surface area contributed by atoms with Crippen molar-refractivity contribution in [1.82, 2.24) is 5.32 Å². The van der Waals surface area contributed by atoms with Gasteiger partial charge in [-0.05, 0) is 51.5 Å². The summed E-state index contributed by atoms with van der Waals surface area (Å²) in [6, 6.07) is 0.483. The Balaban J connectivity index is 1.66. The molecule has 0 aliphatic carbocycles. The summed E-state index contributed by atoms with van der Waals surface area (Å²) in [5.41, 5.74) is -0.000713. The third kappa shape index (κ3) is 3.61. The summed E-state index contributed by atoms with van der Waals surface area (Å²) in [5.74, 6) is 0.655. The van der Waals surface area contributed by atoms with E-state index in [1.165, 1.54) is 19.3 Å². The maximum absolute atomic E-state index is 6.19. The summed E-state index contributed by atoms with van der Waals surface area (Å²) in [5, 5.41) is 3.79. The number of nitrogens with one attached hydrogen (secondary N) is 1. The molecule has 0 aromatic heterocycles. The topological polar surface area (TPSA) is 39.7 Å². The predicted molar refractivity (Wildman–Crippen MR) is 82.5 cm³/mol. The van der Waals surface area contributed by atoms with E-state index in [0.717, 1.165) is 45.6 Å². The van der Waals surface area contributed by atoms with Gasteiger partial charge in [0.2, 0.25) is 0 Å². The third-order valence-corrected chi connectivity index (χ3v) is 5.40. The minimum Gasteiger partial charge on any atom is -0.378 e. The van der Waals surface area contributed by atoms with Crippen LogP contribution in [0, 0.1) is 5.92 Å². The zero-order chi connectivity index (χ0) is 14.7. The lowest BCUT2D eigenvalue weighted by molar-refractivity contribution is -0.111. The van der Waals surface area contributed by atoms with E-state index in [2.05, 4.69) is 19.2 Å². The van der Waals surface area contributed by atoms with Gasteiger partial charge in [-0.15, -0.1) is 0 Å². The minimum atomic E-state index is -0.000713. The first-order valence-electron chi connectivity index (χ1n) is 8.83. The molecule has 4 nitrogen and oxygen atoms in total. The van der Waals surface area contributed by atoms with Crippen LogP contribution in [0.5, 0.6) is 0 Å². The van der Waals surface area contributed by atoms with Gasteiger partial charge in [0.25, 0.3) is 0 Å². The van der Waals surface area contributed by atoms with Gasteiger partial charge in [0.1, 0.15) is 0 Å². The van der Waals surface area contributed by atoms with Crippen molar-refractivity contribution in [1.29, 1.82) is 0 Å². The highest BCUT2D eigenvalue weighted by molar-refractivity contribution is 4.97. The fourth-order valence-electron chi connectivity index (χ4n) is 4.25. The summed E-state index contributed by atoms with van der Waals surface area (Å²) in [6.07, 6.45) is 7.72. The molecule has 0 saturated carbocycles. The smallest absolute Gasteiger partial charge is 0.0939 e. The van der Waals surface area contributed by atoms with Crippen LogP contribution in [0.1, 0.15) is 52.4 Å². The van der Waals surface area contributed by atoms with Crippen molar-refractivity contribution < 1.29 is 14.2 Å². The summed E-state index contributed by atoms with van der Waals surface area (Å²) >= 11 is 0. The Hall–Kier alpha value is -0.160. The van der Waals surface area contributed by atoms with Crippen LogP contribution >= 0.6 is 0 Å². The highest BCUT2D eigenvalue weighted by Crippen LogP contribution is 2.39. The molecule has 21 heavy (non-hydrogen) atoms. The summed E-state index contributed by atoms with van der Waals surface area (Å²) in [6.45, 7) is 8.04. The molecule has 0 aromatic carbocycles. The predicted octanol–water partition coefficient (Wildman–Crippen LogP) is 2.51. The third-order valence-electron chi connectivity index (χ3n) is 5.40. The molecule has 5 unspecified atom stereocenters. The number of hydrogen-bond donors (Lipinski definition) is 1. The summed E-state index contributed by atoms with van der Waals surface area (Å²) < 4.78 is 17.9. The standard InChI is InChI=1S/C17H31NO3/c1-3-8-18-16(15-5-4-13(2)21-15)14-6-9-20-17(11-14)7-10-19-12-17/h13-16,18H,3-12H2,1-2H3. The Kier molecular flexibility index (Phi) is 5.20. The van der Waals surface area contributed by atoms with Crippen molar-refractivity contribution in [2.75, 3.05) is 26.4 Å². The second-order valence-corrected chi connectivity index (χ2v) is 7.13. The molecule has 3 aliphatic heterocycles. The Morgan fingerprint density at radius 3 is 2.81 bits per heavy atom.